The molecule has 1 amide bonds. The van der Waals surface area contributed by atoms with Crippen LogP contribution in [-0.4, -0.2) is 22.5 Å². The normalized spacial score (nSPS) is 11.0. The van der Waals surface area contributed by atoms with E-state index in [1.165, 1.54) is 0 Å². The van der Waals surface area contributed by atoms with E-state index in [4.69, 9.17) is 20.8 Å². The third-order valence-corrected chi connectivity index (χ3v) is 4.64. The van der Waals surface area contributed by atoms with Gasteiger partial charge in [0.2, 0.25) is 5.91 Å². The van der Waals surface area contributed by atoms with Crippen LogP contribution in [0.3, 0.4) is 0 Å². The zero-order valence-electron chi connectivity index (χ0n) is 15.9. The molecular weight excluding hydrogens is 406 g/mol. The highest BCUT2D eigenvalue weighted by atomic mass is 35.5. The molecule has 0 aliphatic heterocycles. The number of hydrogen-bond acceptors (Lipinski definition) is 5. The summed E-state index contributed by atoms with van der Waals surface area (Å²) in [5.74, 6) is 1.38. The number of aromatic amines is 1. The Balaban J connectivity index is 1.27. The molecule has 0 unspecified atom stereocenters. The Kier molecular flexibility index (Phi) is 5.92. The molecule has 2 aromatic carbocycles. The third-order valence-electron chi connectivity index (χ3n) is 4.38. The first-order valence-electron chi connectivity index (χ1n) is 9.25. The lowest BCUT2D eigenvalue weighted by molar-refractivity contribution is -0.126. The molecule has 8 heteroatoms. The zero-order valence-corrected chi connectivity index (χ0v) is 16.6. The summed E-state index contributed by atoms with van der Waals surface area (Å²) in [5.41, 5.74) is 1.24. The minimum absolute atomic E-state index is 0.0228. The molecule has 7 nitrogen and oxygen atoms in total. The molecule has 2 heterocycles. The molecule has 0 fully saturated rings. The van der Waals surface area contributed by atoms with Crippen molar-refractivity contribution >= 4 is 28.4 Å². The van der Waals surface area contributed by atoms with Gasteiger partial charge < -0.3 is 19.5 Å². The highest BCUT2D eigenvalue weighted by Crippen LogP contribution is 2.23. The van der Waals surface area contributed by atoms with Crippen LogP contribution < -0.4 is 10.9 Å². The largest absolute Gasteiger partial charge is 0.459 e. The molecule has 0 radical (unpaired) electrons. The topological polar surface area (TPSA) is 97.2 Å². The first-order valence-corrected chi connectivity index (χ1v) is 9.63. The monoisotopic (exact) mass is 423 g/mol. The molecule has 30 heavy (non-hydrogen) atoms. The number of halogens is 1. The fourth-order valence-corrected chi connectivity index (χ4v) is 3.05. The lowest BCUT2D eigenvalue weighted by Gasteiger charge is -2.06. The van der Waals surface area contributed by atoms with Crippen LogP contribution in [0.5, 0.6) is 0 Å². The molecule has 2 N–H and O–H groups in total. The van der Waals surface area contributed by atoms with Gasteiger partial charge in [-0.3, -0.25) is 9.59 Å². The van der Waals surface area contributed by atoms with Crippen molar-refractivity contribution in [3.05, 3.63) is 87.6 Å². The number of amides is 1. The molecule has 0 bridgehead atoms. The quantitative estimate of drug-likeness (QED) is 0.472. The van der Waals surface area contributed by atoms with Crippen molar-refractivity contribution in [2.45, 2.75) is 13.2 Å². The Labute approximate surface area is 176 Å². The van der Waals surface area contributed by atoms with Gasteiger partial charge in [0.15, 0.2) is 0 Å². The van der Waals surface area contributed by atoms with Crippen molar-refractivity contribution in [1.82, 2.24) is 15.3 Å². The van der Waals surface area contributed by atoms with Gasteiger partial charge in [-0.25, -0.2) is 4.98 Å². The van der Waals surface area contributed by atoms with Crippen molar-refractivity contribution in [3.63, 3.8) is 0 Å². The molecule has 0 atom stereocenters. The van der Waals surface area contributed by atoms with Gasteiger partial charge in [0.1, 0.15) is 30.6 Å². The first-order chi connectivity index (χ1) is 14.6. The third kappa shape index (κ3) is 4.76. The van der Waals surface area contributed by atoms with Crippen molar-refractivity contribution < 1.29 is 13.9 Å². The molecule has 4 aromatic rings. The van der Waals surface area contributed by atoms with Crippen molar-refractivity contribution in [2.24, 2.45) is 0 Å². The number of carbonyl (C=O) groups is 1. The number of nitrogens with zero attached hydrogens (tertiary/aromatic N) is 1. The number of carbonyl (C=O) groups excluding carboxylic acids is 1. The molecule has 0 saturated heterocycles. The van der Waals surface area contributed by atoms with Crippen LogP contribution in [-0.2, 0) is 22.7 Å². The summed E-state index contributed by atoms with van der Waals surface area (Å²) in [6, 6.07) is 18.0. The van der Waals surface area contributed by atoms with Crippen LogP contribution >= 0.6 is 11.6 Å². The Hall–Kier alpha value is -3.42. The summed E-state index contributed by atoms with van der Waals surface area (Å²) in [6.45, 7) is 0.0943. The number of aromatic nitrogens is 2. The summed E-state index contributed by atoms with van der Waals surface area (Å²) in [6.07, 6.45) is 0. The van der Waals surface area contributed by atoms with E-state index in [0.29, 0.717) is 33.3 Å². The highest BCUT2D eigenvalue weighted by Gasteiger charge is 2.08. The molecule has 2 aromatic heterocycles. The molecule has 0 saturated carbocycles. The van der Waals surface area contributed by atoms with Crippen LogP contribution in [0.2, 0.25) is 5.02 Å². The summed E-state index contributed by atoms with van der Waals surface area (Å²) in [7, 11) is 0. The van der Waals surface area contributed by atoms with E-state index in [1.54, 1.807) is 42.5 Å². The zero-order chi connectivity index (χ0) is 20.9. The van der Waals surface area contributed by atoms with Crippen LogP contribution in [0.1, 0.15) is 11.6 Å². The van der Waals surface area contributed by atoms with Gasteiger partial charge in [0.25, 0.3) is 5.56 Å². The van der Waals surface area contributed by atoms with Gasteiger partial charge in [-0.15, -0.1) is 0 Å². The lowest BCUT2D eigenvalue weighted by atomic mass is 10.2. The minimum atomic E-state index is -0.303. The van der Waals surface area contributed by atoms with E-state index in [-0.39, 0.29) is 31.2 Å². The number of H-pyrrole nitrogens is 1. The number of hydrogen-bond donors (Lipinski definition) is 2. The Bertz CT molecular complexity index is 1230. The van der Waals surface area contributed by atoms with Gasteiger partial charge in [0, 0.05) is 10.6 Å². The van der Waals surface area contributed by atoms with E-state index in [2.05, 4.69) is 15.3 Å². The fraction of sp³-hybridized carbons (Fsp3) is 0.136. The van der Waals surface area contributed by atoms with Gasteiger partial charge in [-0.2, -0.15) is 0 Å². The van der Waals surface area contributed by atoms with Crippen LogP contribution in [0.25, 0.3) is 22.2 Å². The summed E-state index contributed by atoms with van der Waals surface area (Å²) in [5, 5.41) is 3.89. The number of nitrogens with one attached hydrogen (secondary N) is 2. The number of rotatable bonds is 7. The van der Waals surface area contributed by atoms with Gasteiger partial charge >= 0.3 is 0 Å². The van der Waals surface area contributed by atoms with E-state index in [0.717, 1.165) is 5.56 Å². The number of furan rings is 1. The second-order valence-electron chi connectivity index (χ2n) is 6.57. The Morgan fingerprint density at radius 2 is 1.90 bits per heavy atom. The summed E-state index contributed by atoms with van der Waals surface area (Å²) in [4.78, 5) is 31.0. The second-order valence-corrected chi connectivity index (χ2v) is 7.01. The van der Waals surface area contributed by atoms with E-state index in [1.807, 2.05) is 18.2 Å². The molecule has 0 aliphatic rings. The van der Waals surface area contributed by atoms with Crippen molar-refractivity contribution in [1.29, 1.82) is 0 Å². The summed E-state index contributed by atoms with van der Waals surface area (Å²) >= 11 is 5.89. The Morgan fingerprint density at radius 3 is 2.73 bits per heavy atom. The van der Waals surface area contributed by atoms with Gasteiger partial charge in [-0.1, -0.05) is 23.7 Å². The van der Waals surface area contributed by atoms with E-state index >= 15 is 0 Å². The predicted molar refractivity (Wildman–Crippen MR) is 113 cm³/mol. The van der Waals surface area contributed by atoms with Crippen molar-refractivity contribution in [2.75, 3.05) is 6.61 Å². The number of para-hydroxylation sites is 1. The predicted octanol–water partition coefficient (Wildman–Crippen LogP) is 3.67. The lowest BCUT2D eigenvalue weighted by Crippen LogP contribution is -2.27. The van der Waals surface area contributed by atoms with E-state index < -0.39 is 0 Å². The van der Waals surface area contributed by atoms with E-state index in [9.17, 15) is 9.59 Å². The van der Waals surface area contributed by atoms with Gasteiger partial charge in [-0.05, 0) is 48.5 Å². The smallest absolute Gasteiger partial charge is 0.258 e. The maximum absolute atomic E-state index is 12.0. The standard InChI is InChI=1S/C22H18ClN3O4/c23-15-7-5-14(6-8-15)19-10-9-16(30-19)11-24-21(27)13-29-12-20-25-18-4-2-1-3-17(18)22(28)26-20/h1-10H,11-13H2,(H,24,27)(H,25,26,28). The fourth-order valence-electron chi connectivity index (χ4n) is 2.92. The number of benzene rings is 2. The average molecular weight is 424 g/mol. The summed E-state index contributed by atoms with van der Waals surface area (Å²) < 4.78 is 11.1. The minimum Gasteiger partial charge on any atom is -0.459 e. The van der Waals surface area contributed by atoms with Crippen LogP contribution in [0.4, 0.5) is 0 Å². The number of ether oxygens (including phenoxy) is 1. The molecule has 0 aliphatic carbocycles. The number of fused-ring (bicyclic) bond motifs is 1. The maximum atomic E-state index is 12.0. The second kappa shape index (κ2) is 8.94. The maximum Gasteiger partial charge on any atom is 0.258 e. The van der Waals surface area contributed by atoms with Crippen LogP contribution in [0.15, 0.2) is 69.9 Å². The molecule has 0 spiro atoms. The highest BCUT2D eigenvalue weighted by molar-refractivity contribution is 6.30. The first kappa shape index (κ1) is 19.9. The average Bonchev–Trinajstić information content (AvgIpc) is 3.22. The Morgan fingerprint density at radius 1 is 1.10 bits per heavy atom. The molecular formula is C22H18ClN3O4. The van der Waals surface area contributed by atoms with Crippen molar-refractivity contribution in [3.8, 4) is 11.3 Å². The molecule has 152 valence electrons. The van der Waals surface area contributed by atoms with Crippen LogP contribution in [0, 0.1) is 0 Å². The van der Waals surface area contributed by atoms with Gasteiger partial charge in [0.05, 0.1) is 17.4 Å². The SMILES string of the molecule is O=C(COCc1nc2ccccc2c(=O)[nH]1)NCc1ccc(-c2ccc(Cl)cc2)o1. The molecule has 4 rings (SSSR count).